The Hall–Kier alpha value is -1.61. The number of hydrogen-bond acceptors (Lipinski definition) is 2. The number of rotatable bonds is 3. The van der Waals surface area contributed by atoms with Gasteiger partial charge in [0.05, 0.1) is 12.0 Å². The molecule has 1 aliphatic rings. The molecule has 0 bridgehead atoms. The molecule has 0 amide bonds. The van der Waals surface area contributed by atoms with E-state index in [1.807, 2.05) is 6.33 Å². The number of hydrogen-bond donors (Lipinski definition) is 1. The molecule has 1 aliphatic heterocycles. The molecule has 0 aliphatic carbocycles. The Morgan fingerprint density at radius 1 is 1.24 bits per heavy atom. The van der Waals surface area contributed by atoms with Crippen molar-refractivity contribution in [1.82, 2.24) is 14.9 Å². The second kappa shape index (κ2) is 4.72. The molecule has 3 nitrogen and oxygen atoms in total. The second-order valence-corrected chi connectivity index (χ2v) is 4.49. The maximum Gasteiger partial charge on any atom is 0.0952 e. The number of nitrogens with zero attached hydrogens (tertiary/aromatic N) is 2. The molecular formula is C14H17N3. The number of nitrogens with one attached hydrogen (secondary N) is 1. The molecule has 0 radical (unpaired) electrons. The van der Waals surface area contributed by atoms with Crippen LogP contribution in [0.15, 0.2) is 36.7 Å². The van der Waals surface area contributed by atoms with Crippen molar-refractivity contribution >= 4 is 0 Å². The van der Waals surface area contributed by atoms with Crippen LogP contribution in [0.4, 0.5) is 0 Å². The third-order valence-corrected chi connectivity index (χ3v) is 3.35. The summed E-state index contributed by atoms with van der Waals surface area (Å²) in [5, 5.41) is 3.35. The molecule has 88 valence electrons. The lowest BCUT2D eigenvalue weighted by molar-refractivity contribution is 0.585. The summed E-state index contributed by atoms with van der Waals surface area (Å²) in [6, 6.07) is 10.6. The van der Waals surface area contributed by atoms with Gasteiger partial charge in [0.1, 0.15) is 0 Å². The highest BCUT2D eigenvalue weighted by Crippen LogP contribution is 2.13. The summed E-state index contributed by atoms with van der Waals surface area (Å²) in [5.41, 5.74) is 4.04. The lowest BCUT2D eigenvalue weighted by atomic mass is 10.1. The van der Waals surface area contributed by atoms with E-state index in [4.69, 9.17) is 0 Å². The molecule has 3 rings (SSSR count). The molecule has 1 aromatic heterocycles. The van der Waals surface area contributed by atoms with Gasteiger partial charge in [-0.1, -0.05) is 30.3 Å². The quantitative estimate of drug-likeness (QED) is 0.866. The molecule has 3 heteroatoms. The topological polar surface area (TPSA) is 29.9 Å². The van der Waals surface area contributed by atoms with Crippen molar-refractivity contribution in [2.24, 2.45) is 0 Å². The van der Waals surface area contributed by atoms with E-state index in [0.717, 1.165) is 32.5 Å². The van der Waals surface area contributed by atoms with Crippen LogP contribution in [-0.2, 0) is 25.9 Å². The van der Waals surface area contributed by atoms with Gasteiger partial charge in [0, 0.05) is 31.7 Å². The minimum absolute atomic E-state index is 0.924. The van der Waals surface area contributed by atoms with Crippen LogP contribution in [0.2, 0.25) is 0 Å². The summed E-state index contributed by atoms with van der Waals surface area (Å²) in [7, 11) is 0. The van der Waals surface area contributed by atoms with E-state index in [9.17, 15) is 0 Å². The van der Waals surface area contributed by atoms with Crippen LogP contribution < -0.4 is 5.32 Å². The highest BCUT2D eigenvalue weighted by Gasteiger charge is 2.14. The first kappa shape index (κ1) is 10.5. The zero-order chi connectivity index (χ0) is 11.5. The molecule has 0 spiro atoms. The van der Waals surface area contributed by atoms with E-state index in [2.05, 4.69) is 45.2 Å². The van der Waals surface area contributed by atoms with Gasteiger partial charge in [0.15, 0.2) is 0 Å². The van der Waals surface area contributed by atoms with Crippen molar-refractivity contribution in [3.63, 3.8) is 0 Å². The van der Waals surface area contributed by atoms with Gasteiger partial charge in [-0.2, -0.15) is 0 Å². The zero-order valence-corrected chi connectivity index (χ0v) is 9.89. The standard InChI is InChI=1S/C14H17N3/c1-2-4-12(5-3-1)7-9-17-11-16-13-10-15-8-6-14(13)17/h1-5,11,15H,6-10H2. The van der Waals surface area contributed by atoms with Gasteiger partial charge in [-0.25, -0.2) is 4.98 Å². The molecule has 0 unspecified atom stereocenters. The first-order valence-corrected chi connectivity index (χ1v) is 6.21. The Labute approximate surface area is 101 Å². The fourth-order valence-electron chi connectivity index (χ4n) is 2.39. The van der Waals surface area contributed by atoms with Gasteiger partial charge < -0.3 is 9.88 Å². The minimum Gasteiger partial charge on any atom is -0.334 e. The smallest absolute Gasteiger partial charge is 0.0952 e. The molecule has 1 aromatic carbocycles. The SMILES string of the molecule is c1ccc(CCn2cnc3c2CCNC3)cc1. The van der Waals surface area contributed by atoms with Crippen molar-refractivity contribution in [3.05, 3.63) is 53.6 Å². The van der Waals surface area contributed by atoms with Gasteiger partial charge in [-0.05, 0) is 12.0 Å². The van der Waals surface area contributed by atoms with Gasteiger partial charge >= 0.3 is 0 Å². The number of benzene rings is 1. The van der Waals surface area contributed by atoms with E-state index >= 15 is 0 Å². The van der Waals surface area contributed by atoms with Crippen LogP contribution in [0.1, 0.15) is 17.0 Å². The number of imidazole rings is 1. The fourth-order valence-corrected chi connectivity index (χ4v) is 2.39. The number of fused-ring (bicyclic) bond motifs is 1. The second-order valence-electron chi connectivity index (χ2n) is 4.49. The largest absolute Gasteiger partial charge is 0.334 e. The van der Waals surface area contributed by atoms with E-state index < -0.39 is 0 Å². The van der Waals surface area contributed by atoms with Gasteiger partial charge in [0.25, 0.3) is 0 Å². The van der Waals surface area contributed by atoms with E-state index in [1.165, 1.54) is 17.0 Å². The van der Waals surface area contributed by atoms with Crippen LogP contribution >= 0.6 is 0 Å². The lowest BCUT2D eigenvalue weighted by Gasteiger charge is -2.15. The summed E-state index contributed by atoms with van der Waals surface area (Å²) < 4.78 is 2.31. The number of aromatic nitrogens is 2. The maximum absolute atomic E-state index is 4.47. The van der Waals surface area contributed by atoms with Crippen molar-refractivity contribution in [1.29, 1.82) is 0 Å². The molecule has 2 aromatic rings. The lowest BCUT2D eigenvalue weighted by Crippen LogP contribution is -2.25. The molecule has 1 N–H and O–H groups in total. The zero-order valence-electron chi connectivity index (χ0n) is 9.89. The van der Waals surface area contributed by atoms with Gasteiger partial charge in [-0.3, -0.25) is 0 Å². The maximum atomic E-state index is 4.47. The predicted octanol–water partition coefficient (Wildman–Crippen LogP) is 1.77. The monoisotopic (exact) mass is 227 g/mol. The van der Waals surface area contributed by atoms with E-state index in [0.29, 0.717) is 0 Å². The fraction of sp³-hybridized carbons (Fsp3) is 0.357. The molecule has 0 atom stereocenters. The Bertz CT molecular complexity index is 487. The van der Waals surface area contributed by atoms with Crippen LogP contribution in [0.25, 0.3) is 0 Å². The highest BCUT2D eigenvalue weighted by molar-refractivity contribution is 5.18. The van der Waals surface area contributed by atoms with E-state index in [1.54, 1.807) is 0 Å². The molecule has 0 saturated carbocycles. The van der Waals surface area contributed by atoms with E-state index in [-0.39, 0.29) is 0 Å². The summed E-state index contributed by atoms with van der Waals surface area (Å²) >= 11 is 0. The summed E-state index contributed by atoms with van der Waals surface area (Å²) in [6.07, 6.45) is 4.17. The van der Waals surface area contributed by atoms with Crippen LogP contribution in [-0.4, -0.2) is 16.1 Å². The van der Waals surface area contributed by atoms with Crippen molar-refractivity contribution in [2.75, 3.05) is 6.54 Å². The molecule has 0 fully saturated rings. The molecule has 17 heavy (non-hydrogen) atoms. The molecule has 0 saturated heterocycles. The average Bonchev–Trinajstić information content (AvgIpc) is 2.81. The van der Waals surface area contributed by atoms with Crippen molar-refractivity contribution < 1.29 is 0 Å². The van der Waals surface area contributed by atoms with Crippen LogP contribution in [0.5, 0.6) is 0 Å². The summed E-state index contributed by atoms with van der Waals surface area (Å²) in [4.78, 5) is 4.47. The van der Waals surface area contributed by atoms with Crippen LogP contribution in [0, 0.1) is 0 Å². The Kier molecular flexibility index (Phi) is 2.92. The number of aryl methyl sites for hydroxylation is 2. The Morgan fingerprint density at radius 2 is 2.12 bits per heavy atom. The van der Waals surface area contributed by atoms with Gasteiger partial charge in [0.2, 0.25) is 0 Å². The first-order valence-electron chi connectivity index (χ1n) is 6.21. The molecular weight excluding hydrogens is 210 g/mol. The van der Waals surface area contributed by atoms with Crippen molar-refractivity contribution in [2.45, 2.75) is 25.9 Å². The van der Waals surface area contributed by atoms with Crippen molar-refractivity contribution in [3.8, 4) is 0 Å². The minimum atomic E-state index is 0.924. The Morgan fingerprint density at radius 3 is 3.00 bits per heavy atom. The first-order chi connectivity index (χ1) is 8.43. The Balaban J connectivity index is 1.71. The summed E-state index contributed by atoms with van der Waals surface area (Å²) in [5.74, 6) is 0. The average molecular weight is 227 g/mol. The third kappa shape index (κ3) is 2.24. The predicted molar refractivity (Wildman–Crippen MR) is 67.8 cm³/mol. The molecule has 2 heterocycles. The highest BCUT2D eigenvalue weighted by atomic mass is 15.1. The van der Waals surface area contributed by atoms with Crippen LogP contribution in [0.3, 0.4) is 0 Å². The third-order valence-electron chi connectivity index (χ3n) is 3.35. The van der Waals surface area contributed by atoms with Gasteiger partial charge in [-0.15, -0.1) is 0 Å². The summed E-state index contributed by atoms with van der Waals surface area (Å²) in [6.45, 7) is 3.03. The normalized spacial score (nSPS) is 14.6.